The maximum absolute atomic E-state index is 4.66. The predicted molar refractivity (Wildman–Crippen MR) is 82.4 cm³/mol. The normalized spacial score (nSPS) is 20.8. The van der Waals surface area contributed by atoms with Crippen LogP contribution in [0.5, 0.6) is 0 Å². The highest BCUT2D eigenvalue weighted by Crippen LogP contribution is 2.67. The van der Waals surface area contributed by atoms with Crippen LogP contribution in [0.2, 0.25) is 0 Å². The number of hydrogen-bond donors (Lipinski definition) is 1. The van der Waals surface area contributed by atoms with Gasteiger partial charge in [-0.1, -0.05) is 39.8 Å². The van der Waals surface area contributed by atoms with E-state index in [0.29, 0.717) is 10.8 Å². The molecule has 1 fully saturated rings. The van der Waals surface area contributed by atoms with E-state index in [-0.39, 0.29) is 0 Å². The molecule has 102 valence electrons. The van der Waals surface area contributed by atoms with Crippen LogP contribution in [0.25, 0.3) is 10.2 Å². The topological polar surface area (TPSA) is 24.9 Å². The number of para-hydroxylation sites is 1. The molecule has 3 heteroatoms. The molecule has 1 saturated carbocycles. The van der Waals surface area contributed by atoms with Crippen molar-refractivity contribution < 1.29 is 0 Å². The molecule has 1 aliphatic carbocycles. The summed E-state index contributed by atoms with van der Waals surface area (Å²) in [5.74, 6) is 0.773. The van der Waals surface area contributed by atoms with Gasteiger partial charge in [0, 0.05) is 6.54 Å². The average molecular weight is 274 g/mol. The molecule has 3 rings (SSSR count). The Morgan fingerprint density at radius 2 is 1.84 bits per heavy atom. The molecule has 0 bridgehead atoms. The molecule has 1 aromatic heterocycles. The van der Waals surface area contributed by atoms with Gasteiger partial charge in [0.15, 0.2) is 0 Å². The number of nitrogens with zero attached hydrogens (tertiary/aromatic N) is 1. The van der Waals surface area contributed by atoms with E-state index in [1.165, 1.54) is 9.71 Å². The molecule has 0 atom stereocenters. The van der Waals surface area contributed by atoms with E-state index in [9.17, 15) is 0 Å². The van der Waals surface area contributed by atoms with E-state index in [1.54, 1.807) is 11.3 Å². The zero-order chi connectivity index (χ0) is 13.7. The van der Waals surface area contributed by atoms with E-state index < -0.39 is 0 Å². The Balaban J connectivity index is 1.59. The number of aromatic nitrogens is 1. The van der Waals surface area contributed by atoms with Gasteiger partial charge in [0.05, 0.1) is 10.2 Å². The second-order valence-corrected chi connectivity index (χ2v) is 7.82. The third-order valence-electron chi connectivity index (χ3n) is 5.28. The minimum absolute atomic E-state index is 0.466. The largest absolute Gasteiger partial charge is 0.310 e. The highest BCUT2D eigenvalue weighted by molar-refractivity contribution is 7.18. The summed E-state index contributed by atoms with van der Waals surface area (Å²) in [5, 5.41) is 4.78. The van der Waals surface area contributed by atoms with Crippen LogP contribution in [0.4, 0.5) is 0 Å². The van der Waals surface area contributed by atoms with Crippen LogP contribution in [-0.4, -0.2) is 11.5 Å². The number of benzene rings is 1. The highest BCUT2D eigenvalue weighted by atomic mass is 32.1. The SMILES string of the molecule is CC1(C)C(CNCc2nc3ccccc3s2)C1(C)C. The summed E-state index contributed by atoms with van der Waals surface area (Å²) in [5.41, 5.74) is 2.05. The second-order valence-electron chi connectivity index (χ2n) is 6.70. The van der Waals surface area contributed by atoms with Crippen LogP contribution in [0, 0.1) is 16.7 Å². The fourth-order valence-electron chi connectivity index (χ4n) is 3.16. The third kappa shape index (κ3) is 2.09. The van der Waals surface area contributed by atoms with E-state index in [2.05, 4.69) is 62.3 Å². The van der Waals surface area contributed by atoms with Gasteiger partial charge >= 0.3 is 0 Å². The number of nitrogens with one attached hydrogen (secondary N) is 1. The summed E-state index contributed by atoms with van der Waals surface area (Å²) < 4.78 is 1.28. The number of thiazole rings is 1. The molecular formula is C16H22N2S. The molecule has 0 radical (unpaired) electrons. The van der Waals surface area contributed by atoms with Crippen molar-refractivity contribution >= 4 is 21.6 Å². The summed E-state index contributed by atoms with van der Waals surface area (Å²) in [6, 6.07) is 8.35. The molecule has 0 spiro atoms. The van der Waals surface area contributed by atoms with Crippen molar-refractivity contribution in [2.75, 3.05) is 6.54 Å². The molecule has 2 aromatic rings. The molecular weight excluding hydrogens is 252 g/mol. The van der Waals surface area contributed by atoms with Crippen molar-refractivity contribution in [3.8, 4) is 0 Å². The van der Waals surface area contributed by atoms with Crippen LogP contribution in [0.15, 0.2) is 24.3 Å². The number of hydrogen-bond acceptors (Lipinski definition) is 3. The van der Waals surface area contributed by atoms with Crippen LogP contribution < -0.4 is 5.32 Å². The molecule has 0 aliphatic heterocycles. The summed E-state index contributed by atoms with van der Waals surface area (Å²) in [6.07, 6.45) is 0. The van der Waals surface area contributed by atoms with E-state index >= 15 is 0 Å². The first-order valence-electron chi connectivity index (χ1n) is 6.98. The van der Waals surface area contributed by atoms with Crippen molar-refractivity contribution in [3.63, 3.8) is 0 Å². The molecule has 0 unspecified atom stereocenters. The van der Waals surface area contributed by atoms with E-state index in [0.717, 1.165) is 24.5 Å². The summed E-state index contributed by atoms with van der Waals surface area (Å²) in [4.78, 5) is 4.66. The van der Waals surface area contributed by atoms with E-state index in [1.807, 2.05) is 0 Å². The molecule has 0 saturated heterocycles. The predicted octanol–water partition coefficient (Wildman–Crippen LogP) is 4.07. The smallest absolute Gasteiger partial charge is 0.108 e. The quantitative estimate of drug-likeness (QED) is 0.909. The number of fused-ring (bicyclic) bond motifs is 1. The molecule has 1 aliphatic rings. The first-order chi connectivity index (χ1) is 8.93. The molecule has 0 amide bonds. The van der Waals surface area contributed by atoms with Crippen molar-refractivity contribution in [3.05, 3.63) is 29.3 Å². The minimum Gasteiger partial charge on any atom is -0.310 e. The van der Waals surface area contributed by atoms with Crippen LogP contribution in [-0.2, 0) is 6.54 Å². The van der Waals surface area contributed by atoms with Gasteiger partial charge in [-0.2, -0.15) is 0 Å². The van der Waals surface area contributed by atoms with Gasteiger partial charge in [-0.15, -0.1) is 11.3 Å². The maximum Gasteiger partial charge on any atom is 0.108 e. The van der Waals surface area contributed by atoms with Gasteiger partial charge in [0.2, 0.25) is 0 Å². The molecule has 19 heavy (non-hydrogen) atoms. The Bertz CT molecular complexity index is 551. The van der Waals surface area contributed by atoms with Gasteiger partial charge in [0.1, 0.15) is 5.01 Å². The van der Waals surface area contributed by atoms with Crippen LogP contribution >= 0.6 is 11.3 Å². The zero-order valence-electron chi connectivity index (χ0n) is 12.2. The second kappa shape index (κ2) is 4.29. The lowest BCUT2D eigenvalue weighted by Gasteiger charge is -2.04. The Morgan fingerprint density at radius 3 is 2.47 bits per heavy atom. The van der Waals surface area contributed by atoms with Gasteiger partial charge in [-0.3, -0.25) is 0 Å². The lowest BCUT2D eigenvalue weighted by molar-refractivity contribution is 0.457. The monoisotopic (exact) mass is 274 g/mol. The summed E-state index contributed by atoms with van der Waals surface area (Å²) in [7, 11) is 0. The molecule has 2 nitrogen and oxygen atoms in total. The van der Waals surface area contributed by atoms with Gasteiger partial charge in [0.25, 0.3) is 0 Å². The van der Waals surface area contributed by atoms with Gasteiger partial charge in [-0.25, -0.2) is 4.98 Å². The third-order valence-corrected chi connectivity index (χ3v) is 6.32. The van der Waals surface area contributed by atoms with Crippen molar-refractivity contribution in [2.45, 2.75) is 34.2 Å². The Labute approximate surface area is 119 Å². The Hall–Kier alpha value is -0.930. The zero-order valence-corrected chi connectivity index (χ0v) is 13.0. The van der Waals surface area contributed by atoms with Crippen molar-refractivity contribution in [1.82, 2.24) is 10.3 Å². The molecule has 1 N–H and O–H groups in total. The summed E-state index contributed by atoms with van der Waals surface area (Å²) in [6.45, 7) is 11.5. The van der Waals surface area contributed by atoms with Crippen molar-refractivity contribution in [1.29, 1.82) is 0 Å². The summed E-state index contributed by atoms with van der Waals surface area (Å²) >= 11 is 1.80. The van der Waals surface area contributed by atoms with Gasteiger partial charge < -0.3 is 5.32 Å². The van der Waals surface area contributed by atoms with E-state index in [4.69, 9.17) is 0 Å². The average Bonchev–Trinajstić information content (AvgIpc) is 2.68. The highest BCUT2D eigenvalue weighted by Gasteiger charge is 2.63. The minimum atomic E-state index is 0.466. The Kier molecular flexibility index (Phi) is 2.95. The van der Waals surface area contributed by atoms with Crippen LogP contribution in [0.1, 0.15) is 32.7 Å². The first kappa shape index (κ1) is 13.1. The maximum atomic E-state index is 4.66. The fraction of sp³-hybridized carbons (Fsp3) is 0.562. The first-order valence-corrected chi connectivity index (χ1v) is 7.80. The lowest BCUT2D eigenvalue weighted by atomic mass is 10.0. The Morgan fingerprint density at radius 1 is 1.16 bits per heavy atom. The molecule has 1 aromatic carbocycles. The van der Waals surface area contributed by atoms with Crippen LogP contribution in [0.3, 0.4) is 0 Å². The van der Waals surface area contributed by atoms with Crippen molar-refractivity contribution in [2.24, 2.45) is 16.7 Å². The standard InChI is InChI=1S/C16H22N2S/c1-15(2)13(16(15,3)4)9-17-10-14-18-11-7-5-6-8-12(11)19-14/h5-8,13,17H,9-10H2,1-4H3. The number of rotatable bonds is 4. The lowest BCUT2D eigenvalue weighted by Crippen LogP contribution is -2.18. The molecule has 1 heterocycles. The van der Waals surface area contributed by atoms with Gasteiger partial charge in [-0.05, 0) is 35.4 Å². The fourth-order valence-corrected chi connectivity index (χ4v) is 4.10.